The highest BCUT2D eigenvalue weighted by Crippen LogP contribution is 2.17. The van der Waals surface area contributed by atoms with E-state index in [-0.39, 0.29) is 5.91 Å². The highest BCUT2D eigenvalue weighted by Gasteiger charge is 2.09. The van der Waals surface area contributed by atoms with Gasteiger partial charge < -0.3 is 15.0 Å². The number of nitrogens with one attached hydrogen (secondary N) is 2. The summed E-state index contributed by atoms with van der Waals surface area (Å²) in [5.41, 5.74) is 2.58. The molecule has 3 aromatic rings. The lowest BCUT2D eigenvalue weighted by Crippen LogP contribution is -2.26. The van der Waals surface area contributed by atoms with Gasteiger partial charge in [-0.05, 0) is 18.1 Å². The van der Waals surface area contributed by atoms with Crippen molar-refractivity contribution in [2.75, 3.05) is 13.7 Å². The highest BCUT2D eigenvalue weighted by atomic mass is 16.5. The van der Waals surface area contributed by atoms with Crippen molar-refractivity contribution in [3.05, 3.63) is 54.1 Å². The number of carbonyl (C=O) groups is 1. The van der Waals surface area contributed by atoms with Crippen molar-refractivity contribution in [3.8, 4) is 5.88 Å². The Morgan fingerprint density at radius 1 is 1.32 bits per heavy atom. The van der Waals surface area contributed by atoms with E-state index in [0.717, 1.165) is 11.9 Å². The first-order chi connectivity index (χ1) is 10.8. The SMILES string of the molecule is COc1cc(C(=O)NCCc2c[nH]c3ccccc23)ncn1. The average Bonchev–Trinajstić information content (AvgIpc) is 2.98. The van der Waals surface area contributed by atoms with Crippen LogP contribution in [0.25, 0.3) is 10.9 Å². The Bertz CT molecular complexity index is 797. The molecule has 0 unspecified atom stereocenters. The Kier molecular flexibility index (Phi) is 4.00. The van der Waals surface area contributed by atoms with Crippen LogP contribution < -0.4 is 10.1 Å². The lowest BCUT2D eigenvalue weighted by molar-refractivity contribution is 0.0948. The molecule has 0 aliphatic rings. The first-order valence-electron chi connectivity index (χ1n) is 6.97. The Morgan fingerprint density at radius 2 is 2.18 bits per heavy atom. The molecule has 2 N–H and O–H groups in total. The fraction of sp³-hybridized carbons (Fsp3) is 0.188. The maximum Gasteiger partial charge on any atom is 0.270 e. The summed E-state index contributed by atoms with van der Waals surface area (Å²) in [7, 11) is 1.50. The van der Waals surface area contributed by atoms with E-state index in [1.807, 2.05) is 24.4 Å². The number of nitrogens with zero attached hydrogens (tertiary/aromatic N) is 2. The van der Waals surface area contributed by atoms with Gasteiger partial charge >= 0.3 is 0 Å². The van der Waals surface area contributed by atoms with Crippen molar-refractivity contribution in [1.29, 1.82) is 0 Å². The number of fused-ring (bicyclic) bond motifs is 1. The molecule has 3 rings (SSSR count). The fourth-order valence-electron chi connectivity index (χ4n) is 2.31. The number of amides is 1. The minimum absolute atomic E-state index is 0.236. The van der Waals surface area contributed by atoms with Crippen molar-refractivity contribution >= 4 is 16.8 Å². The molecule has 2 heterocycles. The summed E-state index contributed by atoms with van der Waals surface area (Å²) >= 11 is 0. The molecule has 0 bridgehead atoms. The van der Waals surface area contributed by atoms with Crippen LogP contribution in [-0.4, -0.2) is 34.5 Å². The monoisotopic (exact) mass is 296 g/mol. The van der Waals surface area contributed by atoms with Gasteiger partial charge in [0.15, 0.2) is 0 Å². The van der Waals surface area contributed by atoms with Gasteiger partial charge in [0.25, 0.3) is 5.91 Å². The van der Waals surface area contributed by atoms with E-state index in [9.17, 15) is 4.79 Å². The number of para-hydroxylation sites is 1. The maximum atomic E-state index is 12.0. The number of hydrogen-bond acceptors (Lipinski definition) is 4. The van der Waals surface area contributed by atoms with Crippen LogP contribution in [0, 0.1) is 0 Å². The van der Waals surface area contributed by atoms with Crippen LogP contribution in [0.2, 0.25) is 0 Å². The second kappa shape index (κ2) is 6.26. The van der Waals surface area contributed by atoms with E-state index < -0.39 is 0 Å². The second-order valence-electron chi connectivity index (χ2n) is 4.81. The maximum absolute atomic E-state index is 12.0. The van der Waals surface area contributed by atoms with Gasteiger partial charge in [0.05, 0.1) is 7.11 Å². The van der Waals surface area contributed by atoms with E-state index in [0.29, 0.717) is 18.1 Å². The van der Waals surface area contributed by atoms with Crippen LogP contribution >= 0.6 is 0 Å². The van der Waals surface area contributed by atoms with Crippen LogP contribution in [0.3, 0.4) is 0 Å². The molecule has 0 radical (unpaired) electrons. The Labute approximate surface area is 127 Å². The van der Waals surface area contributed by atoms with E-state index >= 15 is 0 Å². The quantitative estimate of drug-likeness (QED) is 0.754. The summed E-state index contributed by atoms with van der Waals surface area (Å²) in [6.45, 7) is 0.535. The molecule has 112 valence electrons. The molecule has 0 atom stereocenters. The highest BCUT2D eigenvalue weighted by molar-refractivity contribution is 5.92. The minimum atomic E-state index is -0.236. The van der Waals surface area contributed by atoms with Crippen molar-refractivity contribution in [2.24, 2.45) is 0 Å². The summed E-state index contributed by atoms with van der Waals surface area (Å²) in [4.78, 5) is 23.1. The van der Waals surface area contributed by atoms with Gasteiger partial charge in [-0.2, -0.15) is 0 Å². The largest absolute Gasteiger partial charge is 0.481 e. The number of rotatable bonds is 5. The van der Waals surface area contributed by atoms with Gasteiger partial charge in [-0.25, -0.2) is 9.97 Å². The smallest absolute Gasteiger partial charge is 0.270 e. The molecule has 0 aliphatic carbocycles. The van der Waals surface area contributed by atoms with E-state index in [2.05, 4.69) is 26.3 Å². The molecule has 0 saturated carbocycles. The van der Waals surface area contributed by atoms with Crippen LogP contribution in [0.15, 0.2) is 42.9 Å². The van der Waals surface area contributed by atoms with E-state index in [4.69, 9.17) is 4.74 Å². The molecule has 1 aromatic carbocycles. The van der Waals surface area contributed by atoms with Crippen molar-refractivity contribution in [3.63, 3.8) is 0 Å². The summed E-state index contributed by atoms with van der Waals surface area (Å²) in [5, 5.41) is 4.04. The van der Waals surface area contributed by atoms with Gasteiger partial charge in [0, 0.05) is 29.7 Å². The zero-order chi connectivity index (χ0) is 15.4. The predicted octanol–water partition coefficient (Wildman–Crippen LogP) is 1.94. The third-order valence-electron chi connectivity index (χ3n) is 3.44. The van der Waals surface area contributed by atoms with Gasteiger partial charge in [0.2, 0.25) is 5.88 Å². The first kappa shape index (κ1) is 14.1. The number of carbonyl (C=O) groups excluding carboxylic acids is 1. The summed E-state index contributed by atoms with van der Waals surface area (Å²) < 4.78 is 4.98. The van der Waals surface area contributed by atoms with Crippen LogP contribution in [0.1, 0.15) is 16.1 Å². The Hall–Kier alpha value is -2.89. The molecule has 2 aromatic heterocycles. The molecule has 0 saturated heterocycles. The molecule has 22 heavy (non-hydrogen) atoms. The Morgan fingerprint density at radius 3 is 3.05 bits per heavy atom. The van der Waals surface area contributed by atoms with Gasteiger partial charge in [-0.15, -0.1) is 0 Å². The van der Waals surface area contributed by atoms with Gasteiger partial charge in [-0.1, -0.05) is 18.2 Å². The zero-order valence-corrected chi connectivity index (χ0v) is 12.2. The third kappa shape index (κ3) is 2.90. The van der Waals surface area contributed by atoms with Crippen LogP contribution in [-0.2, 0) is 6.42 Å². The van der Waals surface area contributed by atoms with E-state index in [1.54, 1.807) is 0 Å². The van der Waals surface area contributed by atoms with Gasteiger partial charge in [0.1, 0.15) is 12.0 Å². The predicted molar refractivity (Wildman–Crippen MR) is 82.9 cm³/mol. The minimum Gasteiger partial charge on any atom is -0.481 e. The number of hydrogen-bond donors (Lipinski definition) is 2. The molecular weight excluding hydrogens is 280 g/mol. The van der Waals surface area contributed by atoms with E-state index in [1.165, 1.54) is 30.5 Å². The molecule has 6 nitrogen and oxygen atoms in total. The molecule has 6 heteroatoms. The number of aromatic amines is 1. The fourth-order valence-corrected chi connectivity index (χ4v) is 2.31. The van der Waals surface area contributed by atoms with Crippen molar-refractivity contribution < 1.29 is 9.53 Å². The van der Waals surface area contributed by atoms with Crippen LogP contribution in [0.5, 0.6) is 5.88 Å². The Balaban J connectivity index is 1.61. The van der Waals surface area contributed by atoms with Crippen molar-refractivity contribution in [2.45, 2.75) is 6.42 Å². The number of benzene rings is 1. The summed E-state index contributed by atoms with van der Waals surface area (Å²) in [6.07, 6.45) is 4.04. The number of H-pyrrole nitrogens is 1. The average molecular weight is 296 g/mol. The normalized spacial score (nSPS) is 10.6. The topological polar surface area (TPSA) is 79.9 Å². The van der Waals surface area contributed by atoms with Gasteiger partial charge in [-0.3, -0.25) is 4.79 Å². The molecule has 0 spiro atoms. The summed E-state index contributed by atoms with van der Waals surface area (Å²) in [6, 6.07) is 9.61. The lowest BCUT2D eigenvalue weighted by Gasteiger charge is -2.05. The molecule has 1 amide bonds. The number of methoxy groups -OCH3 is 1. The first-order valence-corrected chi connectivity index (χ1v) is 6.97. The zero-order valence-electron chi connectivity index (χ0n) is 12.2. The van der Waals surface area contributed by atoms with Crippen molar-refractivity contribution in [1.82, 2.24) is 20.3 Å². The second-order valence-corrected chi connectivity index (χ2v) is 4.81. The van der Waals surface area contributed by atoms with Crippen LogP contribution in [0.4, 0.5) is 0 Å². The number of aromatic nitrogens is 3. The third-order valence-corrected chi connectivity index (χ3v) is 3.44. The molecule has 0 aliphatic heterocycles. The summed E-state index contributed by atoms with van der Waals surface area (Å²) in [5.74, 6) is 0.136. The number of ether oxygens (including phenoxy) is 1. The molecular formula is C16H16N4O2. The lowest BCUT2D eigenvalue weighted by atomic mass is 10.1. The molecule has 0 fully saturated rings. The standard InChI is InChI=1S/C16H16N4O2/c1-22-15-8-14(19-10-20-15)16(21)17-7-6-11-9-18-13-5-3-2-4-12(11)13/h2-5,8-10,18H,6-7H2,1H3,(H,17,21).